The number of carbonyl (C=O) groups excluding carboxylic acids is 2. The molecule has 0 bridgehead atoms. The minimum atomic E-state index is -0.378. The standard InChI is InChI=1S/C13H15BrO3/c1-2-17-13(16)12-7-10(4-3-5-14)6-11(8-12)9-15/h6-9H,2-5H2,1H3. The Hall–Kier alpha value is -1.16. The SMILES string of the molecule is CCOC(=O)c1cc(C=O)cc(CCCBr)c1. The number of aldehydes is 1. The van der Waals surface area contributed by atoms with Gasteiger partial charge in [0, 0.05) is 10.9 Å². The van der Waals surface area contributed by atoms with Gasteiger partial charge in [-0.05, 0) is 43.5 Å². The minimum Gasteiger partial charge on any atom is -0.462 e. The Morgan fingerprint density at radius 1 is 1.41 bits per heavy atom. The monoisotopic (exact) mass is 298 g/mol. The largest absolute Gasteiger partial charge is 0.462 e. The topological polar surface area (TPSA) is 43.4 Å². The third-order valence-corrected chi connectivity index (χ3v) is 2.82. The highest BCUT2D eigenvalue weighted by Gasteiger charge is 2.09. The molecular formula is C13H15BrO3. The van der Waals surface area contributed by atoms with Gasteiger partial charge in [-0.25, -0.2) is 4.79 Å². The van der Waals surface area contributed by atoms with Crippen LogP contribution in [0.25, 0.3) is 0 Å². The van der Waals surface area contributed by atoms with E-state index in [1.165, 1.54) is 0 Å². The molecule has 0 aliphatic carbocycles. The molecule has 0 saturated carbocycles. The molecule has 92 valence electrons. The van der Waals surface area contributed by atoms with E-state index in [2.05, 4.69) is 15.9 Å². The summed E-state index contributed by atoms with van der Waals surface area (Å²) in [5.74, 6) is -0.378. The van der Waals surface area contributed by atoms with Crippen LogP contribution in [0, 0.1) is 0 Å². The van der Waals surface area contributed by atoms with Crippen LogP contribution < -0.4 is 0 Å². The maximum Gasteiger partial charge on any atom is 0.338 e. The molecule has 1 aromatic rings. The number of hydrogen-bond acceptors (Lipinski definition) is 3. The van der Waals surface area contributed by atoms with Gasteiger partial charge in [0.15, 0.2) is 0 Å². The van der Waals surface area contributed by atoms with E-state index < -0.39 is 0 Å². The van der Waals surface area contributed by atoms with Crippen molar-refractivity contribution in [3.05, 3.63) is 34.9 Å². The second-order valence-electron chi connectivity index (χ2n) is 3.59. The first-order valence-electron chi connectivity index (χ1n) is 5.53. The molecule has 0 heterocycles. The molecule has 1 rings (SSSR count). The number of ether oxygens (including phenoxy) is 1. The fraction of sp³-hybridized carbons (Fsp3) is 0.385. The van der Waals surface area contributed by atoms with Crippen molar-refractivity contribution in [2.45, 2.75) is 19.8 Å². The summed E-state index contributed by atoms with van der Waals surface area (Å²) in [6.07, 6.45) is 2.55. The zero-order chi connectivity index (χ0) is 12.7. The van der Waals surface area contributed by atoms with Crippen LogP contribution in [0.2, 0.25) is 0 Å². The lowest BCUT2D eigenvalue weighted by atomic mass is 10.0. The summed E-state index contributed by atoms with van der Waals surface area (Å²) in [4.78, 5) is 22.4. The lowest BCUT2D eigenvalue weighted by Crippen LogP contribution is -2.06. The Morgan fingerprint density at radius 2 is 2.18 bits per heavy atom. The molecule has 0 radical (unpaired) electrons. The van der Waals surface area contributed by atoms with E-state index in [1.807, 2.05) is 0 Å². The van der Waals surface area contributed by atoms with Crippen LogP contribution in [0.3, 0.4) is 0 Å². The van der Waals surface area contributed by atoms with Gasteiger partial charge >= 0.3 is 5.97 Å². The van der Waals surface area contributed by atoms with Gasteiger partial charge in [-0.1, -0.05) is 15.9 Å². The van der Waals surface area contributed by atoms with Crippen molar-refractivity contribution in [2.75, 3.05) is 11.9 Å². The lowest BCUT2D eigenvalue weighted by molar-refractivity contribution is 0.0526. The van der Waals surface area contributed by atoms with Crippen LogP contribution in [-0.4, -0.2) is 24.2 Å². The van der Waals surface area contributed by atoms with E-state index in [-0.39, 0.29) is 5.97 Å². The third-order valence-electron chi connectivity index (χ3n) is 2.26. The first kappa shape index (κ1) is 13.9. The number of carbonyl (C=O) groups is 2. The maximum absolute atomic E-state index is 11.6. The quantitative estimate of drug-likeness (QED) is 0.461. The molecule has 0 aromatic heterocycles. The molecule has 0 spiro atoms. The molecule has 0 N–H and O–H groups in total. The van der Waals surface area contributed by atoms with Gasteiger partial charge in [0.1, 0.15) is 6.29 Å². The van der Waals surface area contributed by atoms with E-state index in [0.29, 0.717) is 17.7 Å². The van der Waals surface area contributed by atoms with E-state index in [0.717, 1.165) is 30.0 Å². The molecule has 0 fully saturated rings. The van der Waals surface area contributed by atoms with Crippen molar-refractivity contribution in [3.8, 4) is 0 Å². The van der Waals surface area contributed by atoms with E-state index in [1.54, 1.807) is 25.1 Å². The number of aryl methyl sites for hydroxylation is 1. The number of esters is 1. The van der Waals surface area contributed by atoms with Gasteiger partial charge in [-0.2, -0.15) is 0 Å². The van der Waals surface area contributed by atoms with Crippen LogP contribution >= 0.6 is 15.9 Å². The van der Waals surface area contributed by atoms with Crippen LogP contribution in [0.5, 0.6) is 0 Å². The zero-order valence-electron chi connectivity index (χ0n) is 9.74. The number of benzene rings is 1. The zero-order valence-corrected chi connectivity index (χ0v) is 11.3. The van der Waals surface area contributed by atoms with Gasteiger partial charge in [0.25, 0.3) is 0 Å². The lowest BCUT2D eigenvalue weighted by Gasteiger charge is -2.06. The molecular weight excluding hydrogens is 284 g/mol. The first-order valence-corrected chi connectivity index (χ1v) is 6.65. The predicted molar refractivity (Wildman–Crippen MR) is 69.9 cm³/mol. The third kappa shape index (κ3) is 4.30. The van der Waals surface area contributed by atoms with E-state index in [9.17, 15) is 9.59 Å². The molecule has 0 atom stereocenters. The molecule has 17 heavy (non-hydrogen) atoms. The Bertz CT molecular complexity index is 402. The number of rotatable bonds is 6. The van der Waals surface area contributed by atoms with E-state index in [4.69, 9.17) is 4.74 Å². The van der Waals surface area contributed by atoms with Crippen LogP contribution in [0.4, 0.5) is 0 Å². The Balaban J connectivity index is 2.96. The Kier molecular flexibility index (Phi) is 5.91. The van der Waals surface area contributed by atoms with Crippen LogP contribution in [-0.2, 0) is 11.2 Å². The number of alkyl halides is 1. The second-order valence-corrected chi connectivity index (χ2v) is 4.39. The van der Waals surface area contributed by atoms with Crippen LogP contribution in [0.1, 0.15) is 39.6 Å². The molecule has 1 aromatic carbocycles. The highest BCUT2D eigenvalue weighted by Crippen LogP contribution is 2.13. The van der Waals surface area contributed by atoms with Crippen LogP contribution in [0.15, 0.2) is 18.2 Å². The Morgan fingerprint density at radius 3 is 2.76 bits per heavy atom. The summed E-state index contributed by atoms with van der Waals surface area (Å²) >= 11 is 3.35. The molecule has 0 amide bonds. The predicted octanol–water partition coefficient (Wildman–Crippen LogP) is 3.00. The fourth-order valence-electron chi connectivity index (χ4n) is 1.53. The van der Waals surface area contributed by atoms with Crippen molar-refractivity contribution in [3.63, 3.8) is 0 Å². The normalized spacial score (nSPS) is 10.0. The summed E-state index contributed by atoms with van der Waals surface area (Å²) in [5.41, 5.74) is 1.94. The first-order chi connectivity index (χ1) is 8.21. The van der Waals surface area contributed by atoms with Gasteiger partial charge in [-0.3, -0.25) is 4.79 Å². The Labute approximate surface area is 109 Å². The van der Waals surface area contributed by atoms with Crippen molar-refractivity contribution in [1.29, 1.82) is 0 Å². The minimum absolute atomic E-state index is 0.334. The molecule has 0 unspecified atom stereocenters. The van der Waals surface area contributed by atoms with Gasteiger partial charge < -0.3 is 4.74 Å². The van der Waals surface area contributed by atoms with Gasteiger partial charge in [0.05, 0.1) is 12.2 Å². The molecule has 0 aliphatic heterocycles. The molecule has 3 nitrogen and oxygen atoms in total. The summed E-state index contributed by atoms with van der Waals surface area (Å²) in [5, 5.41) is 0.896. The highest BCUT2D eigenvalue weighted by molar-refractivity contribution is 9.09. The van der Waals surface area contributed by atoms with E-state index >= 15 is 0 Å². The van der Waals surface area contributed by atoms with Gasteiger partial charge in [0.2, 0.25) is 0 Å². The summed E-state index contributed by atoms with van der Waals surface area (Å²) in [7, 11) is 0. The maximum atomic E-state index is 11.6. The fourth-order valence-corrected chi connectivity index (χ4v) is 1.81. The van der Waals surface area contributed by atoms with Crippen molar-refractivity contribution in [1.82, 2.24) is 0 Å². The highest BCUT2D eigenvalue weighted by atomic mass is 79.9. The average Bonchev–Trinajstić information content (AvgIpc) is 2.36. The summed E-state index contributed by atoms with van der Waals surface area (Å²) in [6, 6.07) is 5.15. The summed E-state index contributed by atoms with van der Waals surface area (Å²) in [6.45, 7) is 2.09. The molecule has 0 aliphatic rings. The summed E-state index contributed by atoms with van der Waals surface area (Å²) < 4.78 is 4.92. The smallest absolute Gasteiger partial charge is 0.338 e. The number of halogens is 1. The second kappa shape index (κ2) is 7.22. The number of hydrogen-bond donors (Lipinski definition) is 0. The van der Waals surface area contributed by atoms with Crippen molar-refractivity contribution >= 4 is 28.2 Å². The molecule has 4 heteroatoms. The van der Waals surface area contributed by atoms with Crippen molar-refractivity contribution in [2.24, 2.45) is 0 Å². The van der Waals surface area contributed by atoms with Crippen molar-refractivity contribution < 1.29 is 14.3 Å². The van der Waals surface area contributed by atoms with Gasteiger partial charge in [-0.15, -0.1) is 0 Å². The molecule has 0 saturated heterocycles. The average molecular weight is 299 g/mol.